The van der Waals surface area contributed by atoms with Crippen molar-refractivity contribution in [3.05, 3.63) is 26.0 Å². The smallest absolute Gasteiger partial charge is 0.281 e. The number of rotatable bonds is 2. The molecule has 1 aromatic rings. The van der Waals surface area contributed by atoms with Gasteiger partial charge in [0.15, 0.2) is 6.29 Å². The normalized spacial score (nSPS) is 10.5. The molecule has 0 bridgehead atoms. The molecule has 0 radical (unpaired) electrons. The first-order chi connectivity index (χ1) is 6.06. The SMILES string of the molecule is O=Cc1c(I)cc(Cl)nc1C(F)F. The molecule has 0 aliphatic rings. The lowest BCUT2D eigenvalue weighted by Gasteiger charge is -2.04. The van der Waals surface area contributed by atoms with Gasteiger partial charge in [-0.15, -0.1) is 0 Å². The Morgan fingerprint density at radius 1 is 1.62 bits per heavy atom. The number of hydrogen-bond acceptors (Lipinski definition) is 2. The van der Waals surface area contributed by atoms with Crippen LogP contribution in [0.2, 0.25) is 5.15 Å². The van der Waals surface area contributed by atoms with Crippen LogP contribution in [-0.2, 0) is 0 Å². The van der Waals surface area contributed by atoms with Gasteiger partial charge in [0.05, 0.1) is 5.56 Å². The van der Waals surface area contributed by atoms with Gasteiger partial charge in [-0.05, 0) is 28.7 Å². The molecule has 0 unspecified atom stereocenters. The zero-order valence-electron chi connectivity index (χ0n) is 6.10. The van der Waals surface area contributed by atoms with Gasteiger partial charge in [-0.3, -0.25) is 4.79 Å². The summed E-state index contributed by atoms with van der Waals surface area (Å²) in [4.78, 5) is 13.8. The average molecular weight is 317 g/mol. The van der Waals surface area contributed by atoms with Crippen LogP contribution in [0.4, 0.5) is 8.78 Å². The summed E-state index contributed by atoms with van der Waals surface area (Å²) in [5.41, 5.74) is -0.660. The number of aromatic nitrogens is 1. The number of aldehydes is 1. The van der Waals surface area contributed by atoms with Crippen molar-refractivity contribution in [3.8, 4) is 0 Å². The highest BCUT2D eigenvalue weighted by Crippen LogP contribution is 2.25. The highest BCUT2D eigenvalue weighted by Gasteiger charge is 2.17. The largest absolute Gasteiger partial charge is 0.298 e. The fourth-order valence-electron chi connectivity index (χ4n) is 0.795. The number of carbonyl (C=O) groups excluding carboxylic acids is 1. The van der Waals surface area contributed by atoms with Gasteiger partial charge in [0.2, 0.25) is 0 Å². The Bertz CT molecular complexity index is 346. The average Bonchev–Trinajstić information content (AvgIpc) is 2.02. The van der Waals surface area contributed by atoms with E-state index in [1.54, 1.807) is 22.6 Å². The van der Waals surface area contributed by atoms with Crippen molar-refractivity contribution in [1.29, 1.82) is 0 Å². The zero-order valence-corrected chi connectivity index (χ0v) is 9.01. The van der Waals surface area contributed by atoms with E-state index in [2.05, 4.69) is 4.98 Å². The predicted molar refractivity (Wildman–Crippen MR) is 52.3 cm³/mol. The van der Waals surface area contributed by atoms with Crippen molar-refractivity contribution in [2.24, 2.45) is 0 Å². The predicted octanol–water partition coefficient (Wildman–Crippen LogP) is 3.09. The maximum absolute atomic E-state index is 12.3. The molecule has 0 aliphatic heterocycles. The summed E-state index contributed by atoms with van der Waals surface area (Å²) < 4.78 is 25.0. The Balaban J connectivity index is 3.38. The molecule has 0 spiro atoms. The van der Waals surface area contributed by atoms with E-state index in [1.165, 1.54) is 6.07 Å². The lowest BCUT2D eigenvalue weighted by Crippen LogP contribution is -2.00. The first-order valence-electron chi connectivity index (χ1n) is 3.15. The van der Waals surface area contributed by atoms with E-state index in [9.17, 15) is 13.6 Å². The Morgan fingerprint density at radius 3 is 2.69 bits per heavy atom. The molecule has 0 saturated carbocycles. The molecule has 0 atom stereocenters. The van der Waals surface area contributed by atoms with E-state index in [0.29, 0.717) is 9.86 Å². The van der Waals surface area contributed by atoms with Gasteiger partial charge in [-0.2, -0.15) is 0 Å². The second-order valence-corrected chi connectivity index (χ2v) is 3.69. The molecule has 6 heteroatoms. The number of alkyl halides is 2. The van der Waals surface area contributed by atoms with E-state index in [-0.39, 0.29) is 10.7 Å². The second-order valence-electron chi connectivity index (χ2n) is 2.14. The highest BCUT2D eigenvalue weighted by atomic mass is 127. The minimum Gasteiger partial charge on any atom is -0.298 e. The molecule has 13 heavy (non-hydrogen) atoms. The van der Waals surface area contributed by atoms with E-state index >= 15 is 0 Å². The maximum Gasteiger partial charge on any atom is 0.281 e. The number of nitrogens with zero attached hydrogens (tertiary/aromatic N) is 1. The Hall–Kier alpha value is -0.300. The topological polar surface area (TPSA) is 30.0 Å². The third kappa shape index (κ3) is 2.34. The van der Waals surface area contributed by atoms with Gasteiger partial charge >= 0.3 is 0 Å². The van der Waals surface area contributed by atoms with Gasteiger partial charge < -0.3 is 0 Å². The van der Waals surface area contributed by atoms with Gasteiger partial charge in [0.1, 0.15) is 10.8 Å². The van der Waals surface area contributed by atoms with Crippen LogP contribution >= 0.6 is 34.2 Å². The third-order valence-electron chi connectivity index (χ3n) is 1.33. The summed E-state index contributed by atoms with van der Waals surface area (Å²) in [6.45, 7) is 0. The van der Waals surface area contributed by atoms with Crippen molar-refractivity contribution in [1.82, 2.24) is 4.98 Å². The van der Waals surface area contributed by atoms with Crippen LogP contribution in [-0.4, -0.2) is 11.3 Å². The van der Waals surface area contributed by atoms with Crippen LogP contribution in [0.1, 0.15) is 22.5 Å². The number of carbonyl (C=O) groups is 1. The van der Waals surface area contributed by atoms with Crippen LogP contribution in [0.5, 0.6) is 0 Å². The van der Waals surface area contributed by atoms with Crippen LogP contribution < -0.4 is 0 Å². The fourth-order valence-corrected chi connectivity index (χ4v) is 1.88. The first-order valence-corrected chi connectivity index (χ1v) is 4.61. The monoisotopic (exact) mass is 317 g/mol. The summed E-state index contributed by atoms with van der Waals surface area (Å²) in [6.07, 6.45) is -2.43. The van der Waals surface area contributed by atoms with E-state index in [4.69, 9.17) is 11.6 Å². The molecule has 70 valence electrons. The third-order valence-corrected chi connectivity index (χ3v) is 2.42. The minimum atomic E-state index is -2.78. The first kappa shape index (κ1) is 10.8. The number of hydrogen-bond donors (Lipinski definition) is 0. The lowest BCUT2D eigenvalue weighted by atomic mass is 10.2. The van der Waals surface area contributed by atoms with Crippen molar-refractivity contribution in [2.45, 2.75) is 6.43 Å². The molecule has 1 rings (SSSR count). The molecular formula is C7H3ClF2INO. The molecule has 0 saturated heterocycles. The molecule has 0 amide bonds. The Labute approximate surface area is 91.4 Å². The molecule has 2 nitrogen and oxygen atoms in total. The molecule has 0 aliphatic carbocycles. The van der Waals surface area contributed by atoms with Gasteiger partial charge in [-0.25, -0.2) is 13.8 Å². The summed E-state index contributed by atoms with van der Waals surface area (Å²) in [5.74, 6) is 0. The van der Waals surface area contributed by atoms with Crippen LogP contribution in [0.15, 0.2) is 6.07 Å². The summed E-state index contributed by atoms with van der Waals surface area (Å²) in [5, 5.41) is -0.0368. The van der Waals surface area contributed by atoms with Gasteiger partial charge in [0.25, 0.3) is 6.43 Å². The number of pyridine rings is 1. The summed E-state index contributed by atoms with van der Waals surface area (Å²) in [7, 11) is 0. The van der Waals surface area contributed by atoms with Crippen molar-refractivity contribution < 1.29 is 13.6 Å². The summed E-state index contributed by atoms with van der Waals surface area (Å²) in [6, 6.07) is 1.36. The van der Waals surface area contributed by atoms with Gasteiger partial charge in [0, 0.05) is 3.57 Å². The van der Waals surface area contributed by atoms with Crippen LogP contribution in [0.25, 0.3) is 0 Å². The quantitative estimate of drug-likeness (QED) is 0.477. The van der Waals surface area contributed by atoms with Gasteiger partial charge in [-0.1, -0.05) is 11.6 Å². The summed E-state index contributed by atoms with van der Waals surface area (Å²) >= 11 is 7.21. The molecule has 1 aromatic heterocycles. The Kier molecular flexibility index (Phi) is 3.55. The second kappa shape index (κ2) is 4.28. The van der Waals surface area contributed by atoms with E-state index in [1.807, 2.05) is 0 Å². The lowest BCUT2D eigenvalue weighted by molar-refractivity contribution is 0.110. The van der Waals surface area contributed by atoms with E-state index in [0.717, 1.165) is 0 Å². The van der Waals surface area contributed by atoms with Crippen LogP contribution in [0.3, 0.4) is 0 Å². The standard InChI is InChI=1S/C7H3ClF2INO/c8-5-1-4(11)3(2-13)6(12-5)7(9)10/h1-2,7H. The molecule has 0 aromatic carbocycles. The van der Waals surface area contributed by atoms with Crippen molar-refractivity contribution in [2.75, 3.05) is 0 Å². The molecular weight excluding hydrogens is 314 g/mol. The fraction of sp³-hybridized carbons (Fsp3) is 0.143. The number of halogens is 4. The minimum absolute atomic E-state index is 0.0368. The zero-order chi connectivity index (χ0) is 10.0. The van der Waals surface area contributed by atoms with Crippen LogP contribution in [0, 0.1) is 3.57 Å². The molecule has 0 N–H and O–H groups in total. The molecule has 1 heterocycles. The molecule has 0 fully saturated rings. The van der Waals surface area contributed by atoms with Crippen molar-refractivity contribution >= 4 is 40.5 Å². The van der Waals surface area contributed by atoms with Crippen molar-refractivity contribution in [3.63, 3.8) is 0 Å². The Morgan fingerprint density at radius 2 is 2.23 bits per heavy atom. The maximum atomic E-state index is 12.3. The highest BCUT2D eigenvalue weighted by molar-refractivity contribution is 14.1. The van der Waals surface area contributed by atoms with E-state index < -0.39 is 12.1 Å².